The third kappa shape index (κ3) is 3.64. The molecule has 0 spiro atoms. The number of esters is 1. The molecule has 1 heterocycles. The zero-order valence-corrected chi connectivity index (χ0v) is 12.5. The van der Waals surface area contributed by atoms with Crippen molar-refractivity contribution in [2.75, 3.05) is 13.1 Å². The summed E-state index contributed by atoms with van der Waals surface area (Å²) >= 11 is 0. The highest BCUT2D eigenvalue weighted by Gasteiger charge is 2.36. The molecule has 22 heavy (non-hydrogen) atoms. The Labute approximate surface area is 129 Å². The fourth-order valence-corrected chi connectivity index (χ4v) is 2.82. The van der Waals surface area contributed by atoms with Gasteiger partial charge in [-0.25, -0.2) is 4.39 Å². The normalized spacial score (nSPS) is 19.0. The predicted octanol–water partition coefficient (Wildman–Crippen LogP) is 2.52. The Morgan fingerprint density at radius 2 is 1.86 bits per heavy atom. The maximum atomic E-state index is 13.1. The van der Waals surface area contributed by atoms with Crippen molar-refractivity contribution in [3.05, 3.63) is 35.6 Å². The molecule has 0 unspecified atom stereocenters. The highest BCUT2D eigenvalue weighted by molar-refractivity contribution is 5.81. The van der Waals surface area contributed by atoms with Gasteiger partial charge in [0.25, 0.3) is 0 Å². The second-order valence-electron chi connectivity index (χ2n) is 6.11. The van der Waals surface area contributed by atoms with E-state index in [1.807, 2.05) is 4.90 Å². The number of amides is 1. The Hall–Kier alpha value is -1.91. The van der Waals surface area contributed by atoms with Crippen molar-refractivity contribution in [2.24, 2.45) is 11.8 Å². The minimum atomic E-state index is -0.333. The van der Waals surface area contributed by atoms with Crippen LogP contribution in [0.5, 0.6) is 0 Å². The first-order chi connectivity index (χ1) is 10.6. The summed E-state index contributed by atoms with van der Waals surface area (Å²) in [7, 11) is 0. The van der Waals surface area contributed by atoms with Crippen molar-refractivity contribution >= 4 is 11.9 Å². The van der Waals surface area contributed by atoms with Crippen molar-refractivity contribution in [3.8, 4) is 0 Å². The molecular formula is C17H20FNO3. The van der Waals surface area contributed by atoms with E-state index in [0.29, 0.717) is 31.5 Å². The fourth-order valence-electron chi connectivity index (χ4n) is 2.82. The van der Waals surface area contributed by atoms with Crippen LogP contribution in [-0.4, -0.2) is 29.9 Å². The van der Waals surface area contributed by atoms with Crippen molar-refractivity contribution in [3.63, 3.8) is 0 Å². The van der Waals surface area contributed by atoms with E-state index in [2.05, 4.69) is 0 Å². The average molecular weight is 305 g/mol. The van der Waals surface area contributed by atoms with Crippen LogP contribution in [0.15, 0.2) is 24.3 Å². The molecule has 5 heteroatoms. The third-order valence-electron chi connectivity index (χ3n) is 4.34. The summed E-state index contributed by atoms with van der Waals surface area (Å²) in [6.07, 6.45) is 3.32. The lowest BCUT2D eigenvalue weighted by Gasteiger charge is -2.31. The average Bonchev–Trinajstić information content (AvgIpc) is 3.37. The second-order valence-corrected chi connectivity index (χ2v) is 6.11. The van der Waals surface area contributed by atoms with Crippen LogP contribution in [0.25, 0.3) is 0 Å². The van der Waals surface area contributed by atoms with Gasteiger partial charge in [-0.2, -0.15) is 0 Å². The molecule has 1 saturated carbocycles. The van der Waals surface area contributed by atoms with Gasteiger partial charge in [0.1, 0.15) is 12.4 Å². The summed E-state index contributed by atoms with van der Waals surface area (Å²) in [5, 5.41) is 0. The Kier molecular flexibility index (Phi) is 4.41. The van der Waals surface area contributed by atoms with E-state index < -0.39 is 0 Å². The van der Waals surface area contributed by atoms with Crippen LogP contribution >= 0.6 is 0 Å². The van der Waals surface area contributed by atoms with Gasteiger partial charge in [-0.05, 0) is 43.4 Å². The number of benzene rings is 1. The number of carbonyl (C=O) groups excluding carboxylic acids is 2. The molecule has 0 atom stereocenters. The van der Waals surface area contributed by atoms with Crippen molar-refractivity contribution in [2.45, 2.75) is 32.3 Å². The van der Waals surface area contributed by atoms with Crippen molar-refractivity contribution < 1.29 is 18.7 Å². The van der Waals surface area contributed by atoms with Gasteiger partial charge in [-0.1, -0.05) is 12.1 Å². The summed E-state index contributed by atoms with van der Waals surface area (Å²) in [6, 6.07) is 6.05. The first-order valence-electron chi connectivity index (χ1n) is 7.83. The smallest absolute Gasteiger partial charge is 0.309 e. The lowest BCUT2D eigenvalue weighted by molar-refractivity contribution is -0.153. The number of ether oxygens (including phenoxy) is 1. The minimum absolute atomic E-state index is 0.0951. The number of nitrogens with zero attached hydrogens (tertiary/aromatic N) is 1. The fraction of sp³-hybridized carbons (Fsp3) is 0.529. The molecule has 118 valence electrons. The van der Waals surface area contributed by atoms with Crippen LogP contribution in [0.3, 0.4) is 0 Å². The quantitative estimate of drug-likeness (QED) is 0.803. The molecule has 1 aromatic rings. The van der Waals surface area contributed by atoms with Gasteiger partial charge in [-0.15, -0.1) is 0 Å². The van der Waals surface area contributed by atoms with Gasteiger partial charge >= 0.3 is 5.97 Å². The summed E-state index contributed by atoms with van der Waals surface area (Å²) < 4.78 is 18.3. The Morgan fingerprint density at radius 1 is 1.14 bits per heavy atom. The Bertz CT molecular complexity index is 563. The lowest BCUT2D eigenvalue weighted by Crippen LogP contribution is -2.41. The first-order valence-corrected chi connectivity index (χ1v) is 7.83. The second kappa shape index (κ2) is 6.46. The topological polar surface area (TPSA) is 46.6 Å². The van der Waals surface area contributed by atoms with E-state index >= 15 is 0 Å². The van der Waals surface area contributed by atoms with Crippen molar-refractivity contribution in [1.29, 1.82) is 0 Å². The van der Waals surface area contributed by atoms with Gasteiger partial charge < -0.3 is 9.64 Å². The van der Waals surface area contributed by atoms with Crippen LogP contribution in [0.4, 0.5) is 4.39 Å². The number of rotatable bonds is 4. The van der Waals surface area contributed by atoms with Gasteiger partial charge in [0, 0.05) is 19.0 Å². The molecule has 0 N–H and O–H groups in total. The van der Waals surface area contributed by atoms with Crippen molar-refractivity contribution in [1.82, 2.24) is 4.90 Å². The predicted molar refractivity (Wildman–Crippen MR) is 78.2 cm³/mol. The highest BCUT2D eigenvalue weighted by atomic mass is 19.1. The summed E-state index contributed by atoms with van der Waals surface area (Å²) in [4.78, 5) is 25.9. The number of piperidine rings is 1. The summed E-state index contributed by atoms with van der Waals surface area (Å²) in [6.45, 7) is 1.36. The molecule has 0 bridgehead atoms. The van der Waals surface area contributed by atoms with Crippen LogP contribution < -0.4 is 0 Å². The van der Waals surface area contributed by atoms with E-state index in [4.69, 9.17) is 4.74 Å². The lowest BCUT2D eigenvalue weighted by atomic mass is 9.96. The molecule has 4 nitrogen and oxygen atoms in total. The Balaban J connectivity index is 1.44. The largest absolute Gasteiger partial charge is 0.461 e. The van der Waals surface area contributed by atoms with Gasteiger partial charge in [0.15, 0.2) is 0 Å². The van der Waals surface area contributed by atoms with Gasteiger partial charge in [-0.3, -0.25) is 9.59 Å². The van der Waals surface area contributed by atoms with Crippen LogP contribution in [0.2, 0.25) is 0 Å². The number of carbonyl (C=O) groups is 2. The minimum Gasteiger partial charge on any atom is -0.461 e. The van der Waals surface area contributed by atoms with Crippen LogP contribution in [0, 0.1) is 17.7 Å². The molecular weight excluding hydrogens is 285 g/mol. The van der Waals surface area contributed by atoms with Gasteiger partial charge in [0.05, 0.1) is 5.92 Å². The Morgan fingerprint density at radius 3 is 2.50 bits per heavy atom. The highest BCUT2D eigenvalue weighted by Crippen LogP contribution is 2.32. The SMILES string of the molecule is O=C(OCc1cccc(F)c1)C1CCN(C(=O)C2CC2)CC1. The molecule has 3 rings (SSSR count). The maximum absolute atomic E-state index is 13.1. The number of likely N-dealkylation sites (tertiary alicyclic amines) is 1. The standard InChI is InChI=1S/C17H20FNO3/c18-15-3-1-2-12(10-15)11-22-17(21)14-6-8-19(9-7-14)16(20)13-4-5-13/h1-3,10,13-14H,4-9,11H2. The number of hydrogen-bond acceptors (Lipinski definition) is 3. The summed E-state index contributed by atoms with van der Waals surface area (Å²) in [5.41, 5.74) is 0.648. The molecule has 1 saturated heterocycles. The molecule has 1 aliphatic heterocycles. The first kappa shape index (κ1) is 15.0. The number of hydrogen-bond donors (Lipinski definition) is 0. The molecule has 1 aromatic carbocycles. The van der Waals surface area contributed by atoms with E-state index in [1.165, 1.54) is 12.1 Å². The molecule has 1 amide bonds. The summed E-state index contributed by atoms with van der Waals surface area (Å²) in [5.74, 6) is -0.261. The zero-order valence-electron chi connectivity index (χ0n) is 12.5. The molecule has 2 fully saturated rings. The van der Waals surface area contributed by atoms with E-state index in [0.717, 1.165) is 12.8 Å². The number of halogens is 1. The van der Waals surface area contributed by atoms with Crippen LogP contribution in [0.1, 0.15) is 31.2 Å². The van der Waals surface area contributed by atoms with Gasteiger partial charge in [0.2, 0.25) is 5.91 Å². The molecule has 1 aliphatic carbocycles. The molecule has 2 aliphatic rings. The monoisotopic (exact) mass is 305 g/mol. The zero-order chi connectivity index (χ0) is 15.5. The molecule has 0 aromatic heterocycles. The maximum Gasteiger partial charge on any atom is 0.309 e. The third-order valence-corrected chi connectivity index (χ3v) is 4.34. The van der Waals surface area contributed by atoms with E-state index in [9.17, 15) is 14.0 Å². The van der Waals surface area contributed by atoms with E-state index in [1.54, 1.807) is 12.1 Å². The van der Waals surface area contributed by atoms with Crippen LogP contribution in [-0.2, 0) is 20.9 Å². The molecule has 0 radical (unpaired) electrons. The van der Waals surface area contributed by atoms with E-state index in [-0.39, 0.29) is 36.1 Å².